The molecule has 4 rings (SSSR count). The fourth-order valence-electron chi connectivity index (χ4n) is 3.17. The van der Waals surface area contributed by atoms with Gasteiger partial charge in [-0.25, -0.2) is 4.98 Å². The Balaban J connectivity index is 1.46. The predicted octanol–water partition coefficient (Wildman–Crippen LogP) is 2.68. The Morgan fingerprint density at radius 2 is 2.38 bits per heavy atom. The summed E-state index contributed by atoms with van der Waals surface area (Å²) in [6.45, 7) is 0. The van der Waals surface area contributed by atoms with Gasteiger partial charge in [0.25, 0.3) is 5.91 Å². The molecule has 7 heteroatoms. The topological polar surface area (TPSA) is 67.2 Å². The molecule has 2 aromatic heterocycles. The SMILES string of the molecule is O=C(N[C@@H]1C[C@H]2CC[C@@H]1N2)c1ccc(-c2ncc(Cl)o2)s1. The summed E-state index contributed by atoms with van der Waals surface area (Å²) in [7, 11) is 0. The van der Waals surface area contributed by atoms with Gasteiger partial charge in [0.1, 0.15) is 0 Å². The Morgan fingerprint density at radius 1 is 1.48 bits per heavy atom. The molecule has 0 radical (unpaired) electrons. The van der Waals surface area contributed by atoms with E-state index in [0.29, 0.717) is 22.9 Å². The minimum Gasteiger partial charge on any atom is -0.424 e. The summed E-state index contributed by atoms with van der Waals surface area (Å²) < 4.78 is 5.26. The van der Waals surface area contributed by atoms with Crippen LogP contribution in [0.25, 0.3) is 10.8 Å². The minimum atomic E-state index is -0.0248. The molecule has 2 bridgehead atoms. The van der Waals surface area contributed by atoms with Crippen LogP contribution >= 0.6 is 22.9 Å². The molecule has 0 aliphatic carbocycles. The fraction of sp³-hybridized carbons (Fsp3) is 0.429. The number of thiophene rings is 1. The molecule has 2 aliphatic rings. The molecule has 2 aromatic rings. The lowest BCUT2D eigenvalue weighted by molar-refractivity contribution is 0.0935. The van der Waals surface area contributed by atoms with Gasteiger partial charge in [0.15, 0.2) is 0 Å². The molecular weight excluding hydrogens is 310 g/mol. The van der Waals surface area contributed by atoms with Crippen LogP contribution in [-0.2, 0) is 0 Å². The van der Waals surface area contributed by atoms with E-state index in [2.05, 4.69) is 15.6 Å². The molecule has 5 nitrogen and oxygen atoms in total. The highest BCUT2D eigenvalue weighted by molar-refractivity contribution is 7.17. The molecule has 0 unspecified atom stereocenters. The second-order valence-electron chi connectivity index (χ2n) is 5.50. The van der Waals surface area contributed by atoms with Crippen molar-refractivity contribution in [1.82, 2.24) is 15.6 Å². The van der Waals surface area contributed by atoms with Gasteiger partial charge in [0.2, 0.25) is 11.1 Å². The van der Waals surface area contributed by atoms with Crippen LogP contribution in [0.15, 0.2) is 22.7 Å². The van der Waals surface area contributed by atoms with E-state index in [1.54, 1.807) is 6.07 Å². The first kappa shape index (κ1) is 13.3. The van der Waals surface area contributed by atoms with Crippen LogP contribution in [0.3, 0.4) is 0 Å². The minimum absolute atomic E-state index is 0.0248. The molecule has 0 saturated carbocycles. The highest BCUT2D eigenvalue weighted by atomic mass is 35.5. The first-order valence-corrected chi connectivity index (χ1v) is 8.17. The van der Waals surface area contributed by atoms with E-state index in [1.165, 1.54) is 24.0 Å². The first-order chi connectivity index (χ1) is 10.2. The molecule has 2 N–H and O–H groups in total. The Morgan fingerprint density at radius 3 is 3.05 bits per heavy atom. The second-order valence-corrected chi connectivity index (χ2v) is 6.95. The Bertz CT molecular complexity index is 683. The van der Waals surface area contributed by atoms with E-state index in [0.717, 1.165) is 17.7 Å². The van der Waals surface area contributed by atoms with Crippen molar-refractivity contribution in [3.05, 3.63) is 28.4 Å². The van der Waals surface area contributed by atoms with Crippen molar-refractivity contribution >= 4 is 28.8 Å². The van der Waals surface area contributed by atoms with E-state index in [4.69, 9.17) is 16.0 Å². The average molecular weight is 324 g/mol. The number of nitrogens with zero attached hydrogens (tertiary/aromatic N) is 1. The number of oxazole rings is 1. The molecule has 3 atom stereocenters. The lowest BCUT2D eigenvalue weighted by Gasteiger charge is -2.20. The van der Waals surface area contributed by atoms with E-state index in [9.17, 15) is 4.79 Å². The number of rotatable bonds is 3. The maximum Gasteiger partial charge on any atom is 0.261 e. The molecule has 2 saturated heterocycles. The van der Waals surface area contributed by atoms with Crippen LogP contribution in [0.1, 0.15) is 28.9 Å². The van der Waals surface area contributed by atoms with Crippen molar-refractivity contribution in [3.63, 3.8) is 0 Å². The molecule has 2 aliphatic heterocycles. The average Bonchev–Trinajstić information content (AvgIpc) is 3.22. The van der Waals surface area contributed by atoms with Crippen LogP contribution in [-0.4, -0.2) is 29.0 Å². The molecule has 110 valence electrons. The Hall–Kier alpha value is -1.37. The summed E-state index contributed by atoms with van der Waals surface area (Å²) in [5.41, 5.74) is 0. The third-order valence-electron chi connectivity index (χ3n) is 4.13. The molecule has 4 heterocycles. The number of carbonyl (C=O) groups excluding carboxylic acids is 1. The monoisotopic (exact) mass is 323 g/mol. The van der Waals surface area contributed by atoms with Crippen molar-refractivity contribution in [1.29, 1.82) is 0 Å². The first-order valence-electron chi connectivity index (χ1n) is 6.97. The quantitative estimate of drug-likeness (QED) is 0.911. The summed E-state index contributed by atoms with van der Waals surface area (Å²) in [4.78, 5) is 17.9. The summed E-state index contributed by atoms with van der Waals surface area (Å²) >= 11 is 7.08. The van der Waals surface area contributed by atoms with Gasteiger partial charge < -0.3 is 15.1 Å². The van der Waals surface area contributed by atoms with Gasteiger partial charge in [0.05, 0.1) is 16.0 Å². The number of halogens is 1. The fourth-order valence-corrected chi connectivity index (χ4v) is 4.13. The summed E-state index contributed by atoms with van der Waals surface area (Å²) in [5.74, 6) is 0.425. The lowest BCUT2D eigenvalue weighted by Crippen LogP contribution is -2.42. The number of nitrogens with one attached hydrogen (secondary N) is 2. The maximum absolute atomic E-state index is 12.3. The van der Waals surface area contributed by atoms with Gasteiger partial charge in [-0.1, -0.05) is 0 Å². The summed E-state index contributed by atoms with van der Waals surface area (Å²) in [5, 5.41) is 6.89. The van der Waals surface area contributed by atoms with E-state index in [1.807, 2.05) is 6.07 Å². The van der Waals surface area contributed by atoms with Crippen LogP contribution in [0.4, 0.5) is 0 Å². The maximum atomic E-state index is 12.3. The highest BCUT2D eigenvalue weighted by Crippen LogP contribution is 2.31. The number of carbonyl (C=O) groups is 1. The lowest BCUT2D eigenvalue weighted by atomic mass is 9.95. The van der Waals surface area contributed by atoms with Gasteiger partial charge in [-0.2, -0.15) is 0 Å². The molecule has 1 amide bonds. The predicted molar refractivity (Wildman–Crippen MR) is 80.6 cm³/mol. The third kappa shape index (κ3) is 2.47. The molecule has 21 heavy (non-hydrogen) atoms. The van der Waals surface area contributed by atoms with Gasteiger partial charge in [-0.15, -0.1) is 11.3 Å². The van der Waals surface area contributed by atoms with Crippen LogP contribution < -0.4 is 10.6 Å². The van der Waals surface area contributed by atoms with Crippen molar-refractivity contribution < 1.29 is 9.21 Å². The van der Waals surface area contributed by atoms with E-state index < -0.39 is 0 Å². The zero-order valence-corrected chi connectivity index (χ0v) is 12.7. The standard InChI is InChI=1S/C14H14ClN3O2S/c15-12-6-16-14(20-12)11-4-3-10(21-11)13(19)18-9-5-7-1-2-8(9)17-7/h3-4,6-9,17H,1-2,5H2,(H,18,19)/t7-,8+,9-/m1/s1. The van der Waals surface area contributed by atoms with Crippen LogP contribution in [0, 0.1) is 0 Å². The highest BCUT2D eigenvalue weighted by Gasteiger charge is 2.39. The van der Waals surface area contributed by atoms with Crippen LogP contribution in [0.2, 0.25) is 5.22 Å². The molecule has 0 aromatic carbocycles. The molecule has 0 spiro atoms. The number of hydrogen-bond acceptors (Lipinski definition) is 5. The van der Waals surface area contributed by atoms with Gasteiger partial charge in [-0.3, -0.25) is 4.79 Å². The zero-order chi connectivity index (χ0) is 14.4. The Labute approximate surface area is 130 Å². The smallest absolute Gasteiger partial charge is 0.261 e. The van der Waals surface area contributed by atoms with Crippen LogP contribution in [0.5, 0.6) is 0 Å². The second kappa shape index (κ2) is 5.12. The number of fused-ring (bicyclic) bond motifs is 2. The summed E-state index contributed by atoms with van der Waals surface area (Å²) in [6.07, 6.45) is 4.87. The van der Waals surface area contributed by atoms with E-state index >= 15 is 0 Å². The number of hydrogen-bond donors (Lipinski definition) is 2. The third-order valence-corrected chi connectivity index (χ3v) is 5.38. The Kier molecular flexibility index (Phi) is 3.24. The van der Waals surface area contributed by atoms with Crippen molar-refractivity contribution in [2.24, 2.45) is 0 Å². The summed E-state index contributed by atoms with van der Waals surface area (Å²) in [6, 6.07) is 4.89. The molecular formula is C14H14ClN3O2S. The van der Waals surface area contributed by atoms with Gasteiger partial charge in [0, 0.05) is 18.1 Å². The van der Waals surface area contributed by atoms with E-state index in [-0.39, 0.29) is 17.2 Å². The normalized spacial score (nSPS) is 27.2. The zero-order valence-electron chi connectivity index (χ0n) is 11.1. The van der Waals surface area contributed by atoms with Gasteiger partial charge in [-0.05, 0) is 43.0 Å². The van der Waals surface area contributed by atoms with Gasteiger partial charge >= 0.3 is 0 Å². The molecule has 2 fully saturated rings. The number of amides is 1. The largest absolute Gasteiger partial charge is 0.424 e. The van der Waals surface area contributed by atoms with Crippen molar-refractivity contribution in [3.8, 4) is 10.8 Å². The van der Waals surface area contributed by atoms with Crippen molar-refractivity contribution in [2.75, 3.05) is 0 Å². The number of aromatic nitrogens is 1. The van der Waals surface area contributed by atoms with Crippen molar-refractivity contribution in [2.45, 2.75) is 37.4 Å².